The Balaban J connectivity index is 1.77. The van der Waals surface area contributed by atoms with Crippen LogP contribution in [-0.2, 0) is 4.79 Å². The lowest BCUT2D eigenvalue weighted by Crippen LogP contribution is -2.14. The van der Waals surface area contributed by atoms with Crippen molar-refractivity contribution in [1.82, 2.24) is 0 Å². The van der Waals surface area contributed by atoms with E-state index in [0.29, 0.717) is 17.9 Å². The second-order valence-corrected chi connectivity index (χ2v) is 5.42. The molecule has 0 aliphatic rings. The van der Waals surface area contributed by atoms with Crippen LogP contribution >= 0.6 is 11.6 Å². The Labute approximate surface area is 143 Å². The van der Waals surface area contributed by atoms with Gasteiger partial charge in [0.15, 0.2) is 0 Å². The molecule has 0 radical (unpaired) electrons. The van der Waals surface area contributed by atoms with Crippen LogP contribution in [0.4, 0.5) is 10.1 Å². The van der Waals surface area contributed by atoms with Gasteiger partial charge in [-0.2, -0.15) is 0 Å². The highest BCUT2D eigenvalue weighted by atomic mass is 35.5. The molecule has 0 aliphatic heterocycles. The van der Waals surface area contributed by atoms with E-state index in [0.717, 1.165) is 0 Å². The van der Waals surface area contributed by atoms with Crippen LogP contribution in [0.15, 0.2) is 42.5 Å². The van der Waals surface area contributed by atoms with Gasteiger partial charge in [0.2, 0.25) is 11.8 Å². The number of hydrogen-bond acceptors (Lipinski definition) is 3. The molecule has 0 unspecified atom stereocenters. The summed E-state index contributed by atoms with van der Waals surface area (Å²) >= 11 is 5.91. The van der Waals surface area contributed by atoms with Crippen molar-refractivity contribution in [2.24, 2.45) is 5.73 Å². The van der Waals surface area contributed by atoms with E-state index in [4.69, 9.17) is 22.1 Å². The molecule has 0 aromatic heterocycles. The van der Waals surface area contributed by atoms with Crippen molar-refractivity contribution >= 4 is 29.1 Å². The standard InChI is InChI=1S/C17H16ClFN2O3/c18-15-10-12(6-7-14(15)17(20)23)21-16(22)5-2-8-24-13-4-1-3-11(19)9-13/h1,3-4,6-7,9-10H,2,5,8H2,(H2,20,23)(H,21,22). The Kier molecular flexibility index (Phi) is 6.14. The van der Waals surface area contributed by atoms with Gasteiger partial charge in [-0.05, 0) is 36.8 Å². The maximum Gasteiger partial charge on any atom is 0.250 e. The summed E-state index contributed by atoms with van der Waals surface area (Å²) in [6.45, 7) is 0.290. The molecule has 0 saturated heterocycles. The molecular formula is C17H16ClFN2O3. The van der Waals surface area contributed by atoms with E-state index in [1.807, 2.05) is 0 Å². The Morgan fingerprint density at radius 2 is 2.00 bits per heavy atom. The molecule has 2 rings (SSSR count). The molecule has 0 spiro atoms. The highest BCUT2D eigenvalue weighted by Crippen LogP contribution is 2.21. The number of anilines is 1. The third kappa shape index (κ3) is 5.24. The van der Waals surface area contributed by atoms with Crippen molar-refractivity contribution in [3.8, 4) is 5.75 Å². The van der Waals surface area contributed by atoms with Crippen LogP contribution in [0, 0.1) is 5.82 Å². The van der Waals surface area contributed by atoms with Crippen molar-refractivity contribution in [3.05, 3.63) is 58.9 Å². The van der Waals surface area contributed by atoms with Gasteiger partial charge in [-0.3, -0.25) is 9.59 Å². The maximum atomic E-state index is 13.0. The summed E-state index contributed by atoms with van der Waals surface area (Å²) in [4.78, 5) is 22.9. The first kappa shape index (κ1) is 17.7. The van der Waals surface area contributed by atoms with Gasteiger partial charge in [-0.15, -0.1) is 0 Å². The number of nitrogens with two attached hydrogens (primary N) is 1. The topological polar surface area (TPSA) is 81.4 Å². The first-order chi connectivity index (χ1) is 11.5. The van der Waals surface area contributed by atoms with Gasteiger partial charge in [-0.1, -0.05) is 17.7 Å². The lowest BCUT2D eigenvalue weighted by molar-refractivity contribution is -0.116. The number of benzene rings is 2. The normalized spacial score (nSPS) is 10.2. The molecular weight excluding hydrogens is 335 g/mol. The molecule has 3 N–H and O–H groups in total. The third-order valence-corrected chi connectivity index (χ3v) is 3.44. The van der Waals surface area contributed by atoms with E-state index in [1.165, 1.54) is 24.3 Å². The number of rotatable bonds is 7. The predicted octanol–water partition coefficient (Wildman–Crippen LogP) is 3.38. The minimum Gasteiger partial charge on any atom is -0.493 e. The van der Waals surface area contributed by atoms with Crippen LogP contribution in [0.2, 0.25) is 5.02 Å². The quantitative estimate of drug-likeness (QED) is 0.751. The molecule has 7 heteroatoms. The number of amides is 2. The van der Waals surface area contributed by atoms with E-state index < -0.39 is 5.91 Å². The average Bonchev–Trinajstić information content (AvgIpc) is 2.51. The fourth-order valence-corrected chi connectivity index (χ4v) is 2.27. The second-order valence-electron chi connectivity index (χ2n) is 5.02. The zero-order valence-corrected chi connectivity index (χ0v) is 13.5. The second kappa shape index (κ2) is 8.31. The van der Waals surface area contributed by atoms with Crippen LogP contribution in [-0.4, -0.2) is 18.4 Å². The summed E-state index contributed by atoms with van der Waals surface area (Å²) in [7, 11) is 0. The Hall–Kier alpha value is -2.60. The van der Waals surface area contributed by atoms with E-state index in [2.05, 4.69) is 5.32 Å². The fraction of sp³-hybridized carbons (Fsp3) is 0.176. The number of nitrogens with one attached hydrogen (secondary N) is 1. The van der Waals surface area contributed by atoms with Gasteiger partial charge >= 0.3 is 0 Å². The zero-order chi connectivity index (χ0) is 17.5. The summed E-state index contributed by atoms with van der Waals surface area (Å²) in [5.41, 5.74) is 5.82. The van der Waals surface area contributed by atoms with Crippen LogP contribution < -0.4 is 15.8 Å². The summed E-state index contributed by atoms with van der Waals surface area (Å²) in [6, 6.07) is 10.3. The monoisotopic (exact) mass is 350 g/mol. The molecule has 24 heavy (non-hydrogen) atoms. The molecule has 0 saturated carbocycles. The van der Waals surface area contributed by atoms with Crippen LogP contribution in [0.3, 0.4) is 0 Å². The van der Waals surface area contributed by atoms with Gasteiger partial charge in [0.25, 0.3) is 0 Å². The molecule has 0 bridgehead atoms. The van der Waals surface area contributed by atoms with E-state index in [9.17, 15) is 14.0 Å². The molecule has 0 aliphatic carbocycles. The highest BCUT2D eigenvalue weighted by molar-refractivity contribution is 6.34. The van der Waals surface area contributed by atoms with Crippen molar-refractivity contribution in [1.29, 1.82) is 0 Å². The maximum absolute atomic E-state index is 13.0. The number of primary amides is 1. The Bertz CT molecular complexity index is 752. The van der Waals surface area contributed by atoms with Gasteiger partial charge in [0, 0.05) is 18.2 Å². The molecule has 2 amide bonds. The smallest absolute Gasteiger partial charge is 0.250 e. The van der Waals surface area contributed by atoms with Gasteiger partial charge in [-0.25, -0.2) is 4.39 Å². The minimum absolute atomic E-state index is 0.176. The first-order valence-corrected chi connectivity index (χ1v) is 7.61. The molecule has 0 fully saturated rings. The van der Waals surface area contributed by atoms with Crippen molar-refractivity contribution in [3.63, 3.8) is 0 Å². The van der Waals surface area contributed by atoms with Gasteiger partial charge in [0.1, 0.15) is 11.6 Å². The molecule has 126 valence electrons. The van der Waals surface area contributed by atoms with Crippen molar-refractivity contribution in [2.45, 2.75) is 12.8 Å². The fourth-order valence-electron chi connectivity index (χ4n) is 2.00. The van der Waals surface area contributed by atoms with E-state index in [1.54, 1.807) is 18.2 Å². The third-order valence-electron chi connectivity index (χ3n) is 3.13. The van der Waals surface area contributed by atoms with Crippen molar-refractivity contribution < 1.29 is 18.7 Å². The molecule has 0 heterocycles. The molecule has 0 atom stereocenters. The Morgan fingerprint density at radius 3 is 2.67 bits per heavy atom. The molecule has 2 aromatic carbocycles. The first-order valence-electron chi connectivity index (χ1n) is 7.23. The molecule has 5 nitrogen and oxygen atoms in total. The minimum atomic E-state index is -0.632. The average molecular weight is 351 g/mol. The number of hydrogen-bond donors (Lipinski definition) is 2. The summed E-state index contributed by atoms with van der Waals surface area (Å²) < 4.78 is 18.3. The number of carbonyl (C=O) groups is 2. The lowest BCUT2D eigenvalue weighted by atomic mass is 10.2. The largest absolute Gasteiger partial charge is 0.493 e. The lowest BCUT2D eigenvalue weighted by Gasteiger charge is -2.08. The number of carbonyl (C=O) groups excluding carboxylic acids is 2. The van der Waals surface area contributed by atoms with E-state index in [-0.39, 0.29) is 35.3 Å². The zero-order valence-electron chi connectivity index (χ0n) is 12.7. The summed E-state index contributed by atoms with van der Waals surface area (Å²) in [5, 5.41) is 2.84. The summed E-state index contributed by atoms with van der Waals surface area (Å²) in [5.74, 6) is -0.807. The SMILES string of the molecule is NC(=O)c1ccc(NC(=O)CCCOc2cccc(F)c2)cc1Cl. The number of ether oxygens (including phenoxy) is 1. The molecule has 2 aromatic rings. The van der Waals surface area contributed by atoms with Gasteiger partial charge < -0.3 is 15.8 Å². The van der Waals surface area contributed by atoms with E-state index >= 15 is 0 Å². The van der Waals surface area contributed by atoms with Crippen LogP contribution in [0.1, 0.15) is 23.2 Å². The van der Waals surface area contributed by atoms with Crippen LogP contribution in [0.5, 0.6) is 5.75 Å². The van der Waals surface area contributed by atoms with Crippen LogP contribution in [0.25, 0.3) is 0 Å². The Morgan fingerprint density at radius 1 is 1.21 bits per heavy atom. The predicted molar refractivity (Wildman–Crippen MR) is 89.7 cm³/mol. The summed E-state index contributed by atoms with van der Waals surface area (Å²) in [6.07, 6.45) is 0.694. The highest BCUT2D eigenvalue weighted by Gasteiger charge is 2.09. The van der Waals surface area contributed by atoms with Gasteiger partial charge in [0.05, 0.1) is 17.2 Å². The van der Waals surface area contributed by atoms with Crippen molar-refractivity contribution in [2.75, 3.05) is 11.9 Å². The number of halogens is 2.